The average Bonchev–Trinajstić information content (AvgIpc) is 2.73. The molecule has 1 aliphatic heterocycles. The number of hydrogen-bond acceptors (Lipinski definition) is 4. The van der Waals surface area contributed by atoms with Crippen molar-refractivity contribution in [3.63, 3.8) is 0 Å². The summed E-state index contributed by atoms with van der Waals surface area (Å²) in [5, 5.41) is 7.81. The molecular formula is C21H20ClN3O2. The van der Waals surface area contributed by atoms with Crippen LogP contribution in [-0.4, -0.2) is 22.4 Å². The summed E-state index contributed by atoms with van der Waals surface area (Å²) in [7, 11) is 0. The average molecular weight is 382 g/mol. The van der Waals surface area contributed by atoms with Gasteiger partial charge < -0.3 is 10.1 Å². The van der Waals surface area contributed by atoms with Gasteiger partial charge in [0.15, 0.2) is 0 Å². The highest BCUT2D eigenvalue weighted by Crippen LogP contribution is 2.30. The number of nitrogens with one attached hydrogen (secondary N) is 1. The molecule has 1 aliphatic rings. The number of halogens is 1. The highest BCUT2D eigenvalue weighted by atomic mass is 35.5. The van der Waals surface area contributed by atoms with E-state index in [1.54, 1.807) is 6.20 Å². The molecule has 2 aromatic carbocycles. The summed E-state index contributed by atoms with van der Waals surface area (Å²) in [6.07, 6.45) is 3.31. The number of aromatic nitrogens is 2. The minimum atomic E-state index is -0.334. The third-order valence-corrected chi connectivity index (χ3v) is 5.10. The maximum absolute atomic E-state index is 12.6. The first-order valence-electron chi connectivity index (χ1n) is 8.99. The van der Waals surface area contributed by atoms with Gasteiger partial charge in [-0.2, -0.15) is 9.78 Å². The van der Waals surface area contributed by atoms with Crippen molar-refractivity contribution >= 4 is 17.3 Å². The first kappa shape index (κ1) is 17.8. The van der Waals surface area contributed by atoms with E-state index in [9.17, 15) is 4.79 Å². The van der Waals surface area contributed by atoms with Crippen LogP contribution in [0.5, 0.6) is 0 Å². The zero-order valence-corrected chi connectivity index (χ0v) is 15.5. The summed E-state index contributed by atoms with van der Waals surface area (Å²) in [6.45, 7) is 0.656. The van der Waals surface area contributed by atoms with E-state index in [4.69, 9.17) is 16.3 Å². The van der Waals surface area contributed by atoms with Crippen molar-refractivity contribution in [3.05, 3.63) is 87.8 Å². The Morgan fingerprint density at radius 3 is 2.52 bits per heavy atom. The first-order chi connectivity index (χ1) is 13.2. The molecule has 0 spiro atoms. The molecule has 2 heterocycles. The van der Waals surface area contributed by atoms with Crippen LogP contribution in [0.3, 0.4) is 0 Å². The molecule has 0 saturated carbocycles. The normalized spacial score (nSPS) is 19.6. The van der Waals surface area contributed by atoms with Crippen LogP contribution in [0.25, 0.3) is 5.69 Å². The van der Waals surface area contributed by atoms with E-state index < -0.39 is 0 Å². The SMILES string of the molecule is O=c1c(Cl)c(NC2CCOC(c3ccccc3)C2)cnn1-c1ccccc1. The fourth-order valence-electron chi connectivity index (χ4n) is 3.33. The van der Waals surface area contributed by atoms with E-state index >= 15 is 0 Å². The second kappa shape index (κ2) is 7.94. The summed E-state index contributed by atoms with van der Waals surface area (Å²) in [4.78, 5) is 12.6. The second-order valence-electron chi connectivity index (χ2n) is 6.56. The Morgan fingerprint density at radius 1 is 1.07 bits per heavy atom. The number of rotatable bonds is 4. The fraction of sp³-hybridized carbons (Fsp3) is 0.238. The van der Waals surface area contributed by atoms with Crippen molar-refractivity contribution in [2.24, 2.45) is 0 Å². The predicted octanol–water partition coefficient (Wildman–Crippen LogP) is 4.22. The van der Waals surface area contributed by atoms with E-state index in [0.717, 1.165) is 18.4 Å². The Kier molecular flexibility index (Phi) is 5.23. The summed E-state index contributed by atoms with van der Waals surface area (Å²) < 4.78 is 7.22. The van der Waals surface area contributed by atoms with Crippen LogP contribution < -0.4 is 10.9 Å². The van der Waals surface area contributed by atoms with Gasteiger partial charge in [-0.1, -0.05) is 60.1 Å². The predicted molar refractivity (Wildman–Crippen MR) is 107 cm³/mol. The quantitative estimate of drug-likeness (QED) is 0.735. The fourth-order valence-corrected chi connectivity index (χ4v) is 3.52. The molecule has 3 aromatic rings. The highest BCUT2D eigenvalue weighted by Gasteiger charge is 2.25. The van der Waals surface area contributed by atoms with Gasteiger partial charge in [0.25, 0.3) is 5.56 Å². The molecular weight excluding hydrogens is 362 g/mol. The maximum atomic E-state index is 12.6. The Morgan fingerprint density at radius 2 is 1.78 bits per heavy atom. The van der Waals surface area contributed by atoms with Crippen LogP contribution in [0.4, 0.5) is 5.69 Å². The van der Waals surface area contributed by atoms with Crippen molar-refractivity contribution in [2.75, 3.05) is 11.9 Å². The van der Waals surface area contributed by atoms with Crippen LogP contribution in [0.2, 0.25) is 5.02 Å². The second-order valence-corrected chi connectivity index (χ2v) is 6.94. The van der Waals surface area contributed by atoms with Crippen molar-refractivity contribution in [3.8, 4) is 5.69 Å². The van der Waals surface area contributed by atoms with Gasteiger partial charge in [0.1, 0.15) is 5.02 Å². The molecule has 0 aliphatic carbocycles. The van der Waals surface area contributed by atoms with Crippen molar-refractivity contribution in [1.82, 2.24) is 9.78 Å². The lowest BCUT2D eigenvalue weighted by Gasteiger charge is -2.31. The van der Waals surface area contributed by atoms with E-state index in [1.165, 1.54) is 4.68 Å². The van der Waals surface area contributed by atoms with Crippen LogP contribution in [-0.2, 0) is 4.74 Å². The molecule has 27 heavy (non-hydrogen) atoms. The summed E-state index contributed by atoms with van der Waals surface area (Å²) in [5.41, 5.74) is 2.07. The molecule has 2 atom stereocenters. The van der Waals surface area contributed by atoms with E-state index in [2.05, 4.69) is 22.5 Å². The number of nitrogens with zero attached hydrogens (tertiary/aromatic N) is 2. The van der Waals surface area contributed by atoms with Gasteiger partial charge in [-0.3, -0.25) is 4.79 Å². The van der Waals surface area contributed by atoms with Crippen molar-refractivity contribution in [2.45, 2.75) is 25.0 Å². The Hall–Kier alpha value is -2.63. The number of para-hydroxylation sites is 1. The van der Waals surface area contributed by atoms with Gasteiger partial charge in [-0.05, 0) is 30.5 Å². The van der Waals surface area contributed by atoms with E-state index in [0.29, 0.717) is 18.0 Å². The van der Waals surface area contributed by atoms with Gasteiger partial charge >= 0.3 is 0 Å². The molecule has 5 nitrogen and oxygen atoms in total. The van der Waals surface area contributed by atoms with E-state index in [1.807, 2.05) is 48.5 Å². The lowest BCUT2D eigenvalue weighted by molar-refractivity contribution is 0.00979. The third kappa shape index (κ3) is 3.89. The Balaban J connectivity index is 1.53. The molecule has 138 valence electrons. The number of hydrogen-bond donors (Lipinski definition) is 1. The van der Waals surface area contributed by atoms with Gasteiger partial charge in [-0.15, -0.1) is 0 Å². The molecule has 2 unspecified atom stereocenters. The summed E-state index contributed by atoms with van der Waals surface area (Å²) in [6, 6.07) is 19.6. The lowest BCUT2D eigenvalue weighted by Crippen LogP contribution is -2.31. The molecule has 1 fully saturated rings. The molecule has 1 N–H and O–H groups in total. The number of ether oxygens (including phenoxy) is 1. The number of benzene rings is 2. The van der Waals surface area contributed by atoms with Crippen LogP contribution in [0.1, 0.15) is 24.5 Å². The lowest BCUT2D eigenvalue weighted by atomic mass is 9.97. The largest absolute Gasteiger partial charge is 0.379 e. The maximum Gasteiger partial charge on any atom is 0.292 e. The highest BCUT2D eigenvalue weighted by molar-refractivity contribution is 6.32. The molecule has 4 rings (SSSR count). The molecule has 0 bridgehead atoms. The van der Waals surface area contributed by atoms with Gasteiger partial charge in [0.05, 0.1) is 23.7 Å². The Bertz CT molecular complexity index is 960. The standard InChI is InChI=1S/C21H20ClN3O2/c22-20-18(14-23-25(21(20)26)17-9-5-2-6-10-17)24-16-11-12-27-19(13-16)15-7-3-1-4-8-15/h1-10,14,16,19,24H,11-13H2. The van der Waals surface area contributed by atoms with Gasteiger partial charge in [-0.25, -0.2) is 0 Å². The molecule has 1 aromatic heterocycles. The molecule has 0 amide bonds. The smallest absolute Gasteiger partial charge is 0.292 e. The summed E-state index contributed by atoms with van der Waals surface area (Å²) in [5.74, 6) is 0. The number of anilines is 1. The van der Waals surface area contributed by atoms with Crippen molar-refractivity contribution in [1.29, 1.82) is 0 Å². The van der Waals surface area contributed by atoms with Crippen LogP contribution in [0, 0.1) is 0 Å². The monoisotopic (exact) mass is 381 g/mol. The minimum absolute atomic E-state index is 0.0360. The molecule has 1 saturated heterocycles. The van der Waals surface area contributed by atoms with Gasteiger partial charge in [0.2, 0.25) is 0 Å². The summed E-state index contributed by atoms with van der Waals surface area (Å²) >= 11 is 6.35. The topological polar surface area (TPSA) is 56.1 Å². The van der Waals surface area contributed by atoms with Crippen LogP contribution >= 0.6 is 11.6 Å². The zero-order chi connectivity index (χ0) is 18.6. The van der Waals surface area contributed by atoms with Gasteiger partial charge in [0, 0.05) is 12.6 Å². The molecule has 6 heteroatoms. The third-order valence-electron chi connectivity index (χ3n) is 4.73. The van der Waals surface area contributed by atoms with Crippen molar-refractivity contribution < 1.29 is 4.74 Å². The first-order valence-corrected chi connectivity index (χ1v) is 9.36. The zero-order valence-electron chi connectivity index (χ0n) is 14.7. The Labute approximate surface area is 162 Å². The minimum Gasteiger partial charge on any atom is -0.379 e. The molecule has 0 radical (unpaired) electrons. The van der Waals surface area contributed by atoms with E-state index in [-0.39, 0.29) is 22.7 Å². The van der Waals surface area contributed by atoms with Crippen LogP contribution in [0.15, 0.2) is 71.7 Å².